The van der Waals surface area contributed by atoms with E-state index in [0.717, 1.165) is 42.6 Å². The van der Waals surface area contributed by atoms with Crippen LogP contribution in [0.5, 0.6) is 0 Å². The molecular formula is C14H12F3N3OS. The fourth-order valence-corrected chi connectivity index (χ4v) is 2.64. The van der Waals surface area contributed by atoms with E-state index in [0.29, 0.717) is 11.0 Å². The molecule has 1 fully saturated rings. The molecule has 1 amide bonds. The summed E-state index contributed by atoms with van der Waals surface area (Å²) in [4.78, 5) is 16.2. The largest absolute Gasteiger partial charge is 0.297 e. The predicted octanol–water partition coefficient (Wildman–Crippen LogP) is 3.92. The Morgan fingerprint density at radius 2 is 2.14 bits per heavy atom. The topological polar surface area (TPSA) is 54.9 Å². The summed E-state index contributed by atoms with van der Waals surface area (Å²) in [5.41, 5.74) is -0.780. The molecule has 1 aliphatic rings. The lowest BCUT2D eigenvalue weighted by molar-refractivity contribution is 0.102. The Morgan fingerprint density at radius 1 is 1.41 bits per heavy atom. The highest BCUT2D eigenvalue weighted by molar-refractivity contribution is 7.09. The molecule has 1 aromatic carbocycles. The van der Waals surface area contributed by atoms with E-state index >= 15 is 0 Å². The van der Waals surface area contributed by atoms with Crippen molar-refractivity contribution in [1.29, 1.82) is 0 Å². The number of halogens is 3. The van der Waals surface area contributed by atoms with Crippen molar-refractivity contribution in [3.8, 4) is 0 Å². The number of alkyl halides is 2. The van der Waals surface area contributed by atoms with Crippen molar-refractivity contribution < 1.29 is 18.0 Å². The van der Waals surface area contributed by atoms with E-state index in [1.54, 1.807) is 0 Å². The minimum Gasteiger partial charge on any atom is -0.297 e. The van der Waals surface area contributed by atoms with Crippen molar-refractivity contribution in [3.63, 3.8) is 0 Å². The number of amides is 1. The van der Waals surface area contributed by atoms with Crippen LogP contribution in [0.15, 0.2) is 18.2 Å². The van der Waals surface area contributed by atoms with Crippen LogP contribution in [-0.2, 0) is 5.41 Å². The van der Waals surface area contributed by atoms with Crippen LogP contribution in [-0.4, -0.2) is 15.3 Å². The van der Waals surface area contributed by atoms with Crippen molar-refractivity contribution in [2.75, 3.05) is 5.32 Å². The summed E-state index contributed by atoms with van der Waals surface area (Å²) in [7, 11) is 0. The van der Waals surface area contributed by atoms with E-state index in [4.69, 9.17) is 0 Å². The summed E-state index contributed by atoms with van der Waals surface area (Å²) >= 11 is 1.04. The Labute approximate surface area is 128 Å². The zero-order chi connectivity index (χ0) is 15.9. The molecule has 0 saturated heterocycles. The fourth-order valence-electron chi connectivity index (χ4n) is 1.95. The van der Waals surface area contributed by atoms with Crippen molar-refractivity contribution in [2.24, 2.45) is 0 Å². The van der Waals surface area contributed by atoms with Gasteiger partial charge in [0.05, 0.1) is 5.56 Å². The van der Waals surface area contributed by atoms with Gasteiger partial charge in [-0.15, -0.1) is 0 Å². The first kappa shape index (κ1) is 15.0. The monoisotopic (exact) mass is 327 g/mol. The highest BCUT2D eigenvalue weighted by atomic mass is 32.1. The van der Waals surface area contributed by atoms with E-state index < -0.39 is 23.7 Å². The first-order chi connectivity index (χ1) is 10.4. The molecule has 1 aliphatic carbocycles. The van der Waals surface area contributed by atoms with Crippen LogP contribution < -0.4 is 5.32 Å². The Balaban J connectivity index is 1.74. The molecular weight excluding hydrogens is 315 g/mol. The molecule has 2 aromatic rings. The Morgan fingerprint density at radius 3 is 2.73 bits per heavy atom. The van der Waals surface area contributed by atoms with Gasteiger partial charge in [-0.2, -0.15) is 4.37 Å². The molecule has 0 unspecified atom stereocenters. The normalized spacial score (nSPS) is 15.9. The number of rotatable bonds is 4. The molecule has 1 saturated carbocycles. The highest BCUT2D eigenvalue weighted by Crippen LogP contribution is 2.46. The molecule has 3 rings (SSSR count). The van der Waals surface area contributed by atoms with Crippen LogP contribution in [0.2, 0.25) is 0 Å². The van der Waals surface area contributed by atoms with Gasteiger partial charge in [0, 0.05) is 22.5 Å². The molecule has 0 aliphatic heterocycles. The molecule has 1 aromatic heterocycles. The van der Waals surface area contributed by atoms with Crippen molar-refractivity contribution >= 4 is 22.6 Å². The number of nitrogens with zero attached hydrogens (tertiary/aromatic N) is 2. The number of hydrogen-bond acceptors (Lipinski definition) is 4. The SMILES string of the molecule is CC1(c2nsc(NC(=O)c3ccc(C(F)F)c(F)c3)n2)CC1. The van der Waals surface area contributed by atoms with Gasteiger partial charge in [0.2, 0.25) is 5.13 Å². The second-order valence-electron chi connectivity index (χ2n) is 5.47. The highest BCUT2D eigenvalue weighted by Gasteiger charge is 2.42. The van der Waals surface area contributed by atoms with Crippen LogP contribution >= 0.6 is 11.5 Å². The number of carbonyl (C=O) groups is 1. The number of hydrogen-bond donors (Lipinski definition) is 1. The van der Waals surface area contributed by atoms with Crippen molar-refractivity contribution in [1.82, 2.24) is 9.36 Å². The standard InChI is InChI=1S/C14H12F3N3OS/c1-14(4-5-14)12-19-13(22-20-12)18-11(21)7-2-3-8(10(16)17)9(15)6-7/h2-3,6,10H,4-5H2,1H3,(H,18,19,20,21). The molecule has 0 bridgehead atoms. The molecule has 0 spiro atoms. The number of nitrogens with one attached hydrogen (secondary N) is 1. The van der Waals surface area contributed by atoms with E-state index in [2.05, 4.69) is 14.7 Å². The van der Waals surface area contributed by atoms with Gasteiger partial charge in [-0.3, -0.25) is 10.1 Å². The van der Waals surface area contributed by atoms with E-state index in [1.807, 2.05) is 6.92 Å². The average molecular weight is 327 g/mol. The predicted molar refractivity (Wildman–Crippen MR) is 75.8 cm³/mol. The summed E-state index contributed by atoms with van der Waals surface area (Å²) in [5, 5.41) is 2.82. The Bertz CT molecular complexity index is 728. The molecule has 22 heavy (non-hydrogen) atoms. The third-order valence-corrected chi connectivity index (χ3v) is 4.31. The maximum Gasteiger partial charge on any atom is 0.266 e. The van der Waals surface area contributed by atoms with E-state index in [-0.39, 0.29) is 11.0 Å². The molecule has 0 radical (unpaired) electrons. The zero-order valence-corrected chi connectivity index (χ0v) is 12.4. The first-order valence-corrected chi connectivity index (χ1v) is 7.39. The second-order valence-corrected chi connectivity index (χ2v) is 6.23. The maximum atomic E-state index is 13.5. The van der Waals surface area contributed by atoms with Crippen LogP contribution in [0.1, 0.15) is 47.9 Å². The van der Waals surface area contributed by atoms with Crippen molar-refractivity contribution in [3.05, 3.63) is 41.0 Å². The molecule has 4 nitrogen and oxygen atoms in total. The lowest BCUT2D eigenvalue weighted by Crippen LogP contribution is -2.13. The Hall–Kier alpha value is -1.96. The number of aromatic nitrogens is 2. The molecule has 0 atom stereocenters. The van der Waals surface area contributed by atoms with Gasteiger partial charge in [0.25, 0.3) is 12.3 Å². The summed E-state index contributed by atoms with van der Waals surface area (Å²) in [6.07, 6.45) is -0.892. The summed E-state index contributed by atoms with van der Waals surface area (Å²) in [6.45, 7) is 2.04. The fraction of sp³-hybridized carbons (Fsp3) is 0.357. The van der Waals surface area contributed by atoms with Crippen LogP contribution in [0.25, 0.3) is 0 Å². The third-order valence-electron chi connectivity index (χ3n) is 3.68. The van der Waals surface area contributed by atoms with E-state index in [1.165, 1.54) is 0 Å². The minimum absolute atomic E-state index is 0.00943. The van der Waals surface area contributed by atoms with Crippen LogP contribution in [0.4, 0.5) is 18.3 Å². The second kappa shape index (κ2) is 5.35. The molecule has 8 heteroatoms. The molecule has 1 N–H and O–H groups in total. The molecule has 1 heterocycles. The summed E-state index contributed by atoms with van der Waals surface area (Å²) in [5.74, 6) is -1.03. The quantitative estimate of drug-likeness (QED) is 0.926. The molecule has 116 valence electrons. The number of benzene rings is 1. The van der Waals surface area contributed by atoms with Gasteiger partial charge in [-0.25, -0.2) is 18.2 Å². The van der Waals surface area contributed by atoms with Gasteiger partial charge in [-0.05, 0) is 31.0 Å². The van der Waals surface area contributed by atoms with Crippen LogP contribution in [0.3, 0.4) is 0 Å². The van der Waals surface area contributed by atoms with Gasteiger partial charge in [0.15, 0.2) is 5.82 Å². The third kappa shape index (κ3) is 2.83. The zero-order valence-electron chi connectivity index (χ0n) is 11.6. The summed E-state index contributed by atoms with van der Waals surface area (Å²) < 4.78 is 42.6. The van der Waals surface area contributed by atoms with Gasteiger partial charge < -0.3 is 0 Å². The maximum absolute atomic E-state index is 13.5. The van der Waals surface area contributed by atoms with Crippen molar-refractivity contribution in [2.45, 2.75) is 31.6 Å². The van der Waals surface area contributed by atoms with E-state index in [9.17, 15) is 18.0 Å². The smallest absolute Gasteiger partial charge is 0.266 e. The summed E-state index contributed by atoms with van der Waals surface area (Å²) in [6, 6.07) is 2.86. The van der Waals surface area contributed by atoms with Crippen LogP contribution in [0, 0.1) is 5.82 Å². The lowest BCUT2D eigenvalue weighted by atomic mass is 10.1. The van der Waals surface area contributed by atoms with Gasteiger partial charge in [0.1, 0.15) is 5.82 Å². The lowest BCUT2D eigenvalue weighted by Gasteiger charge is -2.05. The average Bonchev–Trinajstić information content (AvgIpc) is 3.03. The number of anilines is 1. The van der Waals surface area contributed by atoms with Gasteiger partial charge in [-0.1, -0.05) is 6.92 Å². The Kier molecular flexibility index (Phi) is 3.64. The number of carbonyl (C=O) groups excluding carboxylic acids is 1. The first-order valence-electron chi connectivity index (χ1n) is 6.62. The van der Waals surface area contributed by atoms with Gasteiger partial charge >= 0.3 is 0 Å². The minimum atomic E-state index is -2.91.